The molecule has 0 spiro atoms. The summed E-state index contributed by atoms with van der Waals surface area (Å²) in [5.74, 6) is -1.60. The van der Waals surface area contributed by atoms with Gasteiger partial charge in [0.15, 0.2) is 0 Å². The maximum Gasteiger partial charge on any atom is 0.264 e. The zero-order valence-electron chi connectivity index (χ0n) is 18.8. The fourth-order valence-corrected chi connectivity index (χ4v) is 5.66. The van der Waals surface area contributed by atoms with Crippen molar-refractivity contribution in [2.45, 2.75) is 24.3 Å². The zero-order chi connectivity index (χ0) is 25.0. The first kappa shape index (κ1) is 24.8. The molecule has 3 aromatic carbocycles. The van der Waals surface area contributed by atoms with Gasteiger partial charge in [-0.25, -0.2) is 17.2 Å². The first-order valence-electron chi connectivity index (χ1n) is 10.8. The third kappa shape index (κ3) is 5.52. The van der Waals surface area contributed by atoms with Crippen LogP contribution in [0.15, 0.2) is 96.2 Å². The van der Waals surface area contributed by atoms with E-state index in [0.717, 1.165) is 33.6 Å². The van der Waals surface area contributed by atoms with Gasteiger partial charge in [0, 0.05) is 23.5 Å². The molecule has 0 saturated carbocycles. The summed E-state index contributed by atoms with van der Waals surface area (Å²) in [4.78, 5) is 4.02. The fourth-order valence-electron chi connectivity index (χ4n) is 3.90. The molecular weight excluding hydrogens is 490 g/mol. The SMILES string of the molecule is C[C@H](c1ccccc1C[CH]c1cccnc1)N(c1cc(F)ccc1F)S(=O)(=O)c1ccc(Cl)cc1. The molecule has 1 heterocycles. The van der Waals surface area contributed by atoms with E-state index in [1.165, 1.54) is 24.3 Å². The highest BCUT2D eigenvalue weighted by atomic mass is 35.5. The number of nitrogens with zero attached hydrogens (tertiary/aromatic N) is 2. The van der Waals surface area contributed by atoms with E-state index in [9.17, 15) is 17.2 Å². The van der Waals surface area contributed by atoms with Crippen LogP contribution in [0.5, 0.6) is 0 Å². The average Bonchev–Trinajstić information content (AvgIpc) is 2.86. The van der Waals surface area contributed by atoms with Gasteiger partial charge in [0.2, 0.25) is 0 Å². The van der Waals surface area contributed by atoms with Crippen LogP contribution in [0.1, 0.15) is 29.7 Å². The Hall–Kier alpha value is -3.29. The van der Waals surface area contributed by atoms with Crippen molar-refractivity contribution < 1.29 is 17.2 Å². The Morgan fingerprint density at radius 2 is 1.74 bits per heavy atom. The largest absolute Gasteiger partial charge is 0.264 e. The Bertz CT molecular complexity index is 1420. The molecule has 1 atom stereocenters. The van der Waals surface area contributed by atoms with Gasteiger partial charge >= 0.3 is 0 Å². The van der Waals surface area contributed by atoms with Crippen molar-refractivity contribution in [1.29, 1.82) is 0 Å². The summed E-state index contributed by atoms with van der Waals surface area (Å²) in [5.41, 5.74) is 2.04. The molecule has 35 heavy (non-hydrogen) atoms. The summed E-state index contributed by atoms with van der Waals surface area (Å²) in [6, 6.07) is 18.5. The van der Waals surface area contributed by atoms with Crippen LogP contribution in [0.3, 0.4) is 0 Å². The lowest BCUT2D eigenvalue weighted by molar-refractivity contribution is 0.570. The van der Waals surface area contributed by atoms with Crippen molar-refractivity contribution in [2.24, 2.45) is 0 Å². The second-order valence-electron chi connectivity index (χ2n) is 7.92. The Labute approximate surface area is 208 Å². The van der Waals surface area contributed by atoms with Crippen LogP contribution in [-0.2, 0) is 16.4 Å². The van der Waals surface area contributed by atoms with Crippen LogP contribution >= 0.6 is 11.6 Å². The van der Waals surface area contributed by atoms with E-state index in [1.807, 2.05) is 30.7 Å². The van der Waals surface area contributed by atoms with Gasteiger partial charge in [-0.15, -0.1) is 0 Å². The Kier molecular flexibility index (Phi) is 7.48. The van der Waals surface area contributed by atoms with Crippen LogP contribution < -0.4 is 4.31 Å². The fraction of sp³-hybridized carbons (Fsp3) is 0.111. The molecule has 1 radical (unpaired) electrons. The zero-order valence-corrected chi connectivity index (χ0v) is 20.3. The van der Waals surface area contributed by atoms with E-state index >= 15 is 0 Å². The number of hydrogen-bond donors (Lipinski definition) is 0. The molecule has 179 valence electrons. The van der Waals surface area contributed by atoms with Crippen LogP contribution in [0.25, 0.3) is 0 Å². The molecule has 0 amide bonds. The summed E-state index contributed by atoms with van der Waals surface area (Å²) >= 11 is 5.94. The molecule has 0 N–H and O–H groups in total. The summed E-state index contributed by atoms with van der Waals surface area (Å²) < 4.78 is 57.7. The van der Waals surface area contributed by atoms with Crippen molar-refractivity contribution in [3.8, 4) is 0 Å². The second kappa shape index (κ2) is 10.5. The number of benzene rings is 3. The van der Waals surface area contributed by atoms with E-state index in [0.29, 0.717) is 17.0 Å². The number of sulfonamides is 1. The van der Waals surface area contributed by atoms with Gasteiger partial charge in [-0.1, -0.05) is 41.9 Å². The number of pyridine rings is 1. The van der Waals surface area contributed by atoms with Gasteiger partial charge in [-0.3, -0.25) is 9.29 Å². The number of halogens is 3. The highest BCUT2D eigenvalue weighted by Crippen LogP contribution is 2.37. The van der Waals surface area contributed by atoms with E-state index in [4.69, 9.17) is 11.6 Å². The number of aromatic nitrogens is 1. The number of hydrogen-bond acceptors (Lipinski definition) is 3. The molecule has 4 nitrogen and oxygen atoms in total. The minimum absolute atomic E-state index is 0.0863. The van der Waals surface area contributed by atoms with Gasteiger partial charge in [0.1, 0.15) is 11.6 Å². The summed E-state index contributed by atoms with van der Waals surface area (Å²) in [6.07, 6.45) is 5.87. The Balaban J connectivity index is 1.80. The van der Waals surface area contributed by atoms with Crippen molar-refractivity contribution in [3.05, 3.63) is 131 Å². The minimum Gasteiger partial charge on any atom is -0.264 e. The molecule has 0 unspecified atom stereocenters. The normalized spacial score (nSPS) is 12.3. The molecule has 1 aromatic heterocycles. The molecule has 0 aliphatic rings. The standard InChI is InChI=1S/C27H22ClF2N2O2S/c1-19(25-7-3-2-6-21(25)9-8-20-5-4-16-31-18-20)32(27-17-23(29)12-15-26(27)30)35(33,34)24-13-10-22(28)11-14-24/h2-8,10-19H,9H2,1H3/t19-/m1/s1. The molecule has 0 bridgehead atoms. The van der Waals surface area contributed by atoms with E-state index in [-0.39, 0.29) is 10.6 Å². The van der Waals surface area contributed by atoms with Crippen molar-refractivity contribution >= 4 is 27.3 Å². The van der Waals surface area contributed by atoms with Crippen molar-refractivity contribution in [3.63, 3.8) is 0 Å². The summed E-state index contributed by atoms with van der Waals surface area (Å²) in [6.45, 7) is 1.65. The van der Waals surface area contributed by atoms with Crippen LogP contribution in [-0.4, -0.2) is 13.4 Å². The molecule has 4 aromatic rings. The topological polar surface area (TPSA) is 50.3 Å². The van der Waals surface area contributed by atoms with Gasteiger partial charge in [0.25, 0.3) is 10.0 Å². The van der Waals surface area contributed by atoms with Crippen LogP contribution in [0.2, 0.25) is 5.02 Å². The highest BCUT2D eigenvalue weighted by molar-refractivity contribution is 7.92. The molecule has 4 rings (SSSR count). The molecule has 0 fully saturated rings. The first-order chi connectivity index (χ1) is 16.8. The number of anilines is 1. The quantitative estimate of drug-likeness (QED) is 0.262. The predicted octanol–water partition coefficient (Wildman–Crippen LogP) is 6.76. The lowest BCUT2D eigenvalue weighted by Gasteiger charge is -2.32. The van der Waals surface area contributed by atoms with E-state index in [1.54, 1.807) is 31.5 Å². The third-order valence-corrected chi connectivity index (χ3v) is 7.77. The lowest BCUT2D eigenvalue weighted by atomic mass is 9.96. The first-order valence-corrected chi connectivity index (χ1v) is 12.7. The Morgan fingerprint density at radius 3 is 2.46 bits per heavy atom. The smallest absolute Gasteiger partial charge is 0.264 e. The van der Waals surface area contributed by atoms with Gasteiger partial charge in [-0.05, 0) is 78.9 Å². The van der Waals surface area contributed by atoms with Crippen molar-refractivity contribution in [2.75, 3.05) is 4.31 Å². The third-order valence-electron chi connectivity index (χ3n) is 5.62. The Morgan fingerprint density at radius 1 is 1.00 bits per heavy atom. The molecule has 0 saturated heterocycles. The summed E-state index contributed by atoms with van der Waals surface area (Å²) in [5, 5.41) is 0.358. The van der Waals surface area contributed by atoms with Gasteiger partial charge < -0.3 is 0 Å². The highest BCUT2D eigenvalue weighted by Gasteiger charge is 2.33. The van der Waals surface area contributed by atoms with Crippen LogP contribution in [0.4, 0.5) is 14.5 Å². The molecule has 8 heteroatoms. The average molecular weight is 512 g/mol. The molecular formula is C27H22ClF2N2O2S. The van der Waals surface area contributed by atoms with E-state index < -0.39 is 27.7 Å². The minimum atomic E-state index is -4.29. The van der Waals surface area contributed by atoms with Gasteiger partial charge in [0.05, 0.1) is 16.6 Å². The molecule has 0 aliphatic heterocycles. The monoisotopic (exact) mass is 511 g/mol. The van der Waals surface area contributed by atoms with Crippen molar-refractivity contribution in [1.82, 2.24) is 4.98 Å². The maximum atomic E-state index is 15.0. The maximum absolute atomic E-state index is 15.0. The summed E-state index contributed by atoms with van der Waals surface area (Å²) in [7, 11) is -4.29. The van der Waals surface area contributed by atoms with E-state index in [2.05, 4.69) is 4.98 Å². The number of rotatable bonds is 8. The predicted molar refractivity (Wildman–Crippen MR) is 134 cm³/mol. The van der Waals surface area contributed by atoms with Gasteiger partial charge in [-0.2, -0.15) is 0 Å². The second-order valence-corrected chi connectivity index (χ2v) is 10.2. The molecule has 0 aliphatic carbocycles. The van der Waals surface area contributed by atoms with Crippen LogP contribution in [0, 0.1) is 18.1 Å². The lowest BCUT2D eigenvalue weighted by Crippen LogP contribution is -2.35.